The van der Waals surface area contributed by atoms with Crippen molar-refractivity contribution in [1.82, 2.24) is 15.5 Å². The second-order valence-corrected chi connectivity index (χ2v) is 10.3. The van der Waals surface area contributed by atoms with Crippen LogP contribution in [-0.2, 0) is 33.3 Å². The van der Waals surface area contributed by atoms with Crippen LogP contribution in [0.5, 0.6) is 0 Å². The standard InChI is InChI=1S/C26H47N3O7.CH4/c1-19(2)7-8-24(30)23-16-21(36-26(32)22-6-5-9-28-22)17-29(23)25(31)18-35-15-14-34-13-12-33-11-10-27-20(3)4;/h19-23,27-28H,5-18H2,1-4H3;1H4. The largest absolute Gasteiger partial charge is 0.459 e. The number of carbonyl (C=O) groups excluding carboxylic acids is 3. The van der Waals surface area contributed by atoms with Crippen molar-refractivity contribution in [2.24, 2.45) is 5.92 Å². The van der Waals surface area contributed by atoms with Crippen LogP contribution in [-0.4, -0.2) is 106 Å². The first-order valence-electron chi connectivity index (χ1n) is 13.5. The molecule has 2 aliphatic heterocycles. The number of esters is 1. The monoisotopic (exact) mass is 529 g/mol. The number of hydrogen-bond acceptors (Lipinski definition) is 9. The maximum atomic E-state index is 12.9. The molecular weight excluding hydrogens is 478 g/mol. The van der Waals surface area contributed by atoms with Crippen LogP contribution in [0.3, 0.4) is 0 Å². The molecule has 0 aromatic carbocycles. The minimum atomic E-state index is -0.576. The zero-order valence-corrected chi connectivity index (χ0v) is 22.6. The molecule has 0 saturated carbocycles. The molecule has 37 heavy (non-hydrogen) atoms. The first-order valence-corrected chi connectivity index (χ1v) is 13.5. The van der Waals surface area contributed by atoms with Gasteiger partial charge < -0.3 is 34.5 Å². The Morgan fingerprint density at radius 3 is 2.30 bits per heavy atom. The van der Waals surface area contributed by atoms with Crippen molar-refractivity contribution in [2.75, 3.05) is 59.3 Å². The summed E-state index contributed by atoms with van der Waals surface area (Å²) in [7, 11) is 0. The van der Waals surface area contributed by atoms with Crippen LogP contribution >= 0.6 is 0 Å². The Morgan fingerprint density at radius 1 is 1.00 bits per heavy atom. The molecule has 216 valence electrons. The molecule has 0 aliphatic carbocycles. The van der Waals surface area contributed by atoms with Crippen LogP contribution in [0, 0.1) is 5.92 Å². The van der Waals surface area contributed by atoms with Gasteiger partial charge in [0.15, 0.2) is 5.78 Å². The molecule has 3 atom stereocenters. The van der Waals surface area contributed by atoms with Crippen molar-refractivity contribution >= 4 is 17.7 Å². The molecule has 0 bridgehead atoms. The van der Waals surface area contributed by atoms with E-state index >= 15 is 0 Å². The number of ketones is 1. The van der Waals surface area contributed by atoms with Gasteiger partial charge in [0, 0.05) is 25.4 Å². The van der Waals surface area contributed by atoms with E-state index in [1.165, 1.54) is 4.90 Å². The van der Waals surface area contributed by atoms with Crippen LogP contribution in [0.4, 0.5) is 0 Å². The Kier molecular flexibility index (Phi) is 16.8. The van der Waals surface area contributed by atoms with Gasteiger partial charge in [-0.05, 0) is 31.7 Å². The fraction of sp³-hybridized carbons (Fsp3) is 0.889. The fourth-order valence-corrected chi connectivity index (χ4v) is 4.30. The number of carbonyl (C=O) groups is 3. The minimum Gasteiger partial charge on any atom is -0.459 e. The molecule has 2 aliphatic rings. The fourth-order valence-electron chi connectivity index (χ4n) is 4.30. The third-order valence-electron chi connectivity index (χ3n) is 6.32. The lowest BCUT2D eigenvalue weighted by molar-refractivity contribution is -0.151. The summed E-state index contributed by atoms with van der Waals surface area (Å²) in [6, 6.07) is -0.433. The Hall–Kier alpha value is -1.59. The van der Waals surface area contributed by atoms with Crippen molar-refractivity contribution in [3.05, 3.63) is 0 Å². The van der Waals surface area contributed by atoms with E-state index < -0.39 is 12.1 Å². The van der Waals surface area contributed by atoms with Crippen molar-refractivity contribution < 1.29 is 33.3 Å². The molecule has 10 nitrogen and oxygen atoms in total. The average Bonchev–Trinajstić information content (AvgIpc) is 3.51. The van der Waals surface area contributed by atoms with Gasteiger partial charge >= 0.3 is 5.97 Å². The Morgan fingerprint density at radius 2 is 1.68 bits per heavy atom. The highest BCUT2D eigenvalue weighted by Crippen LogP contribution is 2.24. The van der Waals surface area contributed by atoms with Crippen molar-refractivity contribution in [2.45, 2.75) is 91.5 Å². The summed E-state index contributed by atoms with van der Waals surface area (Å²) in [6.45, 7) is 12.2. The van der Waals surface area contributed by atoms with Gasteiger partial charge in [0.05, 0.1) is 45.6 Å². The number of ether oxygens (including phenoxy) is 4. The highest BCUT2D eigenvalue weighted by atomic mass is 16.6. The quantitative estimate of drug-likeness (QED) is 0.203. The first-order chi connectivity index (χ1) is 17.3. The van der Waals surface area contributed by atoms with Crippen LogP contribution in [0.1, 0.15) is 67.2 Å². The van der Waals surface area contributed by atoms with E-state index in [-0.39, 0.29) is 50.9 Å². The molecule has 0 aromatic rings. The van der Waals surface area contributed by atoms with Crippen molar-refractivity contribution in [1.29, 1.82) is 0 Å². The van der Waals surface area contributed by atoms with Gasteiger partial charge in [0.25, 0.3) is 0 Å². The van der Waals surface area contributed by atoms with E-state index in [4.69, 9.17) is 18.9 Å². The summed E-state index contributed by atoms with van der Waals surface area (Å²) >= 11 is 0. The molecule has 3 unspecified atom stereocenters. The summed E-state index contributed by atoms with van der Waals surface area (Å²) < 4.78 is 22.1. The number of amides is 1. The van der Waals surface area contributed by atoms with Gasteiger partial charge in [-0.1, -0.05) is 35.1 Å². The maximum Gasteiger partial charge on any atom is 0.323 e. The Balaban J connectivity index is 0.00000684. The number of nitrogens with one attached hydrogen (secondary N) is 2. The van der Waals surface area contributed by atoms with Crippen molar-refractivity contribution in [3.63, 3.8) is 0 Å². The molecule has 2 N–H and O–H groups in total. The number of nitrogens with zero attached hydrogens (tertiary/aromatic N) is 1. The molecule has 2 heterocycles. The highest BCUT2D eigenvalue weighted by Gasteiger charge is 2.41. The lowest BCUT2D eigenvalue weighted by Crippen LogP contribution is -2.43. The molecule has 1 amide bonds. The molecule has 10 heteroatoms. The van der Waals surface area contributed by atoms with E-state index in [1.54, 1.807) is 0 Å². The predicted molar refractivity (Wildman–Crippen MR) is 142 cm³/mol. The molecule has 2 saturated heterocycles. The lowest BCUT2D eigenvalue weighted by Gasteiger charge is -2.23. The summed E-state index contributed by atoms with van der Waals surface area (Å²) in [5, 5.41) is 6.41. The topological polar surface area (TPSA) is 115 Å². The second-order valence-electron chi connectivity index (χ2n) is 10.3. The van der Waals surface area contributed by atoms with Gasteiger partial charge in [0.1, 0.15) is 18.8 Å². The molecular formula is C27H51N3O7. The number of rotatable bonds is 18. The molecule has 0 spiro atoms. The lowest BCUT2D eigenvalue weighted by atomic mass is 10.00. The van der Waals surface area contributed by atoms with E-state index in [2.05, 4.69) is 38.3 Å². The first kappa shape index (κ1) is 33.4. The van der Waals surface area contributed by atoms with Crippen LogP contribution in [0.15, 0.2) is 0 Å². The van der Waals surface area contributed by atoms with Gasteiger partial charge in [-0.15, -0.1) is 0 Å². The number of Topliss-reactive ketones (excluding diaryl/α,β-unsaturated/α-hetero) is 1. The molecule has 0 aromatic heterocycles. The highest BCUT2D eigenvalue weighted by molar-refractivity contribution is 5.90. The van der Waals surface area contributed by atoms with E-state index in [0.29, 0.717) is 51.2 Å². The van der Waals surface area contributed by atoms with Crippen LogP contribution < -0.4 is 10.6 Å². The van der Waals surface area contributed by atoms with E-state index in [9.17, 15) is 14.4 Å². The normalized spacial score (nSPS) is 21.5. The van der Waals surface area contributed by atoms with Crippen molar-refractivity contribution in [3.8, 4) is 0 Å². The Labute approximate surface area is 223 Å². The zero-order chi connectivity index (χ0) is 26.3. The SMILES string of the molecule is C.CC(C)CCC(=O)C1CC(OC(=O)C2CCCN2)CN1C(=O)COCCOCCOCCNC(C)C. The molecule has 0 radical (unpaired) electrons. The minimum absolute atomic E-state index is 0. The third-order valence-corrected chi connectivity index (χ3v) is 6.32. The summed E-state index contributed by atoms with van der Waals surface area (Å²) in [5.41, 5.74) is 0. The van der Waals surface area contributed by atoms with Crippen LogP contribution in [0.2, 0.25) is 0 Å². The predicted octanol–water partition coefficient (Wildman–Crippen LogP) is 1.94. The molecule has 2 rings (SSSR count). The summed E-state index contributed by atoms with van der Waals surface area (Å²) in [5.74, 6) is -0.154. The van der Waals surface area contributed by atoms with Gasteiger partial charge in [-0.3, -0.25) is 14.4 Å². The van der Waals surface area contributed by atoms with Crippen LogP contribution in [0.25, 0.3) is 0 Å². The average molecular weight is 530 g/mol. The smallest absolute Gasteiger partial charge is 0.323 e. The zero-order valence-electron chi connectivity index (χ0n) is 22.6. The van der Waals surface area contributed by atoms with E-state index in [0.717, 1.165) is 32.4 Å². The second kappa shape index (κ2) is 18.6. The summed E-state index contributed by atoms with van der Waals surface area (Å²) in [4.78, 5) is 39.8. The summed E-state index contributed by atoms with van der Waals surface area (Å²) in [6.07, 6.45) is 2.73. The van der Waals surface area contributed by atoms with E-state index in [1.807, 2.05) is 0 Å². The van der Waals surface area contributed by atoms with Gasteiger partial charge in [-0.25, -0.2) is 0 Å². The van der Waals surface area contributed by atoms with Gasteiger partial charge in [0.2, 0.25) is 5.91 Å². The third kappa shape index (κ3) is 13.2. The van der Waals surface area contributed by atoms with Gasteiger partial charge in [-0.2, -0.15) is 0 Å². The number of hydrogen-bond donors (Lipinski definition) is 2. The Bertz CT molecular complexity index is 668. The molecule has 2 fully saturated rings. The maximum absolute atomic E-state index is 12.9. The number of likely N-dealkylation sites (tertiary alicyclic amines) is 1.